The first-order valence-electron chi connectivity index (χ1n) is 6.83. The van der Waals surface area contributed by atoms with Crippen molar-refractivity contribution in [1.82, 2.24) is 14.5 Å². The zero-order chi connectivity index (χ0) is 16.4. The van der Waals surface area contributed by atoms with Gasteiger partial charge in [-0.3, -0.25) is 14.3 Å². The number of rotatable bonds is 5. The average Bonchev–Trinajstić information content (AvgIpc) is 3.12. The van der Waals surface area contributed by atoms with E-state index in [-0.39, 0.29) is 6.42 Å². The van der Waals surface area contributed by atoms with E-state index >= 15 is 0 Å². The highest BCUT2D eigenvalue weighted by Crippen LogP contribution is 2.22. The number of benzene rings is 1. The largest absolute Gasteiger partial charge is 0.481 e. The van der Waals surface area contributed by atoms with Crippen LogP contribution in [0.25, 0.3) is 16.2 Å². The summed E-state index contributed by atoms with van der Waals surface area (Å²) in [7, 11) is -1.59. The fraction of sp³-hybridized carbons (Fsp3) is 0.133. The van der Waals surface area contributed by atoms with Gasteiger partial charge in [-0.15, -0.1) is 0 Å². The first-order chi connectivity index (χ1) is 11.0. The predicted octanol–water partition coefficient (Wildman–Crippen LogP) is 1.16. The van der Waals surface area contributed by atoms with Gasteiger partial charge >= 0.3 is 5.97 Å². The number of carbonyl (C=O) groups excluding carboxylic acids is 1. The second kappa shape index (κ2) is 6.17. The molecule has 0 radical (unpaired) electrons. The minimum absolute atomic E-state index is 0.0955. The number of carboxylic acid groups (broad SMARTS) is 1. The van der Waals surface area contributed by atoms with E-state index in [0.717, 1.165) is 16.7 Å². The molecule has 3 rings (SSSR count). The number of aromatic nitrogens is 2. The Hall–Kier alpha value is -2.74. The first-order valence-corrected chi connectivity index (χ1v) is 7.98. The van der Waals surface area contributed by atoms with Crippen LogP contribution < -0.4 is 4.72 Å². The Morgan fingerprint density at radius 2 is 2.00 bits per heavy atom. The standard InChI is InChI=1S/C15H13N3O4S/c19-13-7-14(23(22)17-13)18-9-12(8-16-18)11-4-1-10(2-5-11)3-6-15(20)21/h1-2,4-5,7-9H,3,6H2,(H,17,19)(H,20,21). The van der Waals surface area contributed by atoms with E-state index in [0.29, 0.717) is 11.4 Å². The molecule has 0 fully saturated rings. The van der Waals surface area contributed by atoms with Crippen LogP contribution in [-0.4, -0.2) is 31.0 Å². The normalized spacial score (nSPS) is 17.0. The predicted molar refractivity (Wildman–Crippen MR) is 84.2 cm³/mol. The van der Waals surface area contributed by atoms with Crippen LogP contribution in [-0.2, 0) is 27.0 Å². The van der Waals surface area contributed by atoms with Gasteiger partial charge in [-0.25, -0.2) is 8.89 Å². The molecule has 1 unspecified atom stereocenters. The second-order valence-corrected chi connectivity index (χ2v) is 6.14. The van der Waals surface area contributed by atoms with E-state index < -0.39 is 22.9 Å². The molecule has 1 atom stereocenters. The lowest BCUT2D eigenvalue weighted by Crippen LogP contribution is -2.17. The third-order valence-electron chi connectivity index (χ3n) is 3.36. The van der Waals surface area contributed by atoms with Crippen molar-refractivity contribution >= 4 is 27.9 Å². The third kappa shape index (κ3) is 3.37. The average molecular weight is 331 g/mol. The lowest BCUT2D eigenvalue weighted by atomic mass is 10.0. The molecule has 1 aromatic carbocycles. The Bertz CT molecular complexity index is 824. The number of carbonyl (C=O) groups is 2. The van der Waals surface area contributed by atoms with Crippen molar-refractivity contribution in [2.75, 3.05) is 0 Å². The van der Waals surface area contributed by atoms with E-state index in [1.54, 1.807) is 12.4 Å². The highest BCUT2D eigenvalue weighted by molar-refractivity contribution is 7.93. The molecular weight excluding hydrogens is 318 g/mol. The molecule has 2 N–H and O–H groups in total. The van der Waals surface area contributed by atoms with Gasteiger partial charge in [0.25, 0.3) is 5.91 Å². The minimum atomic E-state index is -1.59. The van der Waals surface area contributed by atoms with Crippen molar-refractivity contribution in [3.8, 4) is 11.1 Å². The molecule has 0 saturated carbocycles. The maximum Gasteiger partial charge on any atom is 0.303 e. The molecule has 0 aliphatic carbocycles. The lowest BCUT2D eigenvalue weighted by molar-refractivity contribution is -0.137. The number of hydrogen-bond donors (Lipinski definition) is 2. The zero-order valence-corrected chi connectivity index (χ0v) is 12.7. The van der Waals surface area contributed by atoms with Crippen molar-refractivity contribution in [2.45, 2.75) is 12.8 Å². The summed E-state index contributed by atoms with van der Waals surface area (Å²) in [5, 5.41) is 13.1. The maximum atomic E-state index is 11.7. The van der Waals surface area contributed by atoms with Crippen molar-refractivity contribution in [1.29, 1.82) is 0 Å². The summed E-state index contributed by atoms with van der Waals surface area (Å²) in [5.74, 6) is -1.23. The van der Waals surface area contributed by atoms with E-state index in [9.17, 15) is 13.8 Å². The van der Waals surface area contributed by atoms with E-state index in [1.165, 1.54) is 10.8 Å². The van der Waals surface area contributed by atoms with Crippen LogP contribution in [0.4, 0.5) is 0 Å². The third-order valence-corrected chi connectivity index (χ3v) is 4.43. The summed E-state index contributed by atoms with van der Waals surface area (Å²) in [5.41, 5.74) is 2.66. The quantitative estimate of drug-likeness (QED) is 0.856. The zero-order valence-electron chi connectivity index (χ0n) is 11.9. The van der Waals surface area contributed by atoms with Crippen molar-refractivity contribution in [3.63, 3.8) is 0 Å². The van der Waals surface area contributed by atoms with Crippen molar-refractivity contribution < 1.29 is 18.9 Å². The SMILES string of the molecule is O=C(O)CCc1ccc(-c2cnn(C3=CC(=O)NS3=O)c2)cc1. The number of nitrogens with zero attached hydrogens (tertiary/aromatic N) is 2. The van der Waals surface area contributed by atoms with E-state index in [4.69, 9.17) is 5.11 Å². The van der Waals surface area contributed by atoms with Gasteiger partial charge in [-0.1, -0.05) is 24.3 Å². The van der Waals surface area contributed by atoms with Crippen LogP contribution in [0.5, 0.6) is 0 Å². The van der Waals surface area contributed by atoms with Crippen LogP contribution in [0.3, 0.4) is 0 Å². The monoisotopic (exact) mass is 331 g/mol. The number of carboxylic acids is 1. The summed E-state index contributed by atoms with van der Waals surface area (Å²) in [6.45, 7) is 0. The van der Waals surface area contributed by atoms with Crippen LogP contribution >= 0.6 is 0 Å². The number of nitrogens with one attached hydrogen (secondary N) is 1. The second-order valence-electron chi connectivity index (χ2n) is 4.98. The molecule has 23 heavy (non-hydrogen) atoms. The van der Waals surface area contributed by atoms with Gasteiger partial charge in [0, 0.05) is 24.3 Å². The van der Waals surface area contributed by atoms with E-state index in [2.05, 4.69) is 9.82 Å². The molecule has 1 amide bonds. The number of amides is 1. The Morgan fingerprint density at radius 3 is 2.61 bits per heavy atom. The topological polar surface area (TPSA) is 101 Å². The van der Waals surface area contributed by atoms with Gasteiger partial charge in [-0.05, 0) is 17.5 Å². The Balaban J connectivity index is 1.78. The fourth-order valence-corrected chi connectivity index (χ4v) is 3.03. The summed E-state index contributed by atoms with van der Waals surface area (Å²) in [6, 6.07) is 7.49. The summed E-state index contributed by atoms with van der Waals surface area (Å²) in [6.07, 6.45) is 5.14. The molecule has 7 nitrogen and oxygen atoms in total. The lowest BCUT2D eigenvalue weighted by Gasteiger charge is -2.02. The molecule has 2 heterocycles. The Labute approximate surface area is 134 Å². The number of aliphatic carboxylic acids is 1. The van der Waals surface area contributed by atoms with Gasteiger partial charge in [0.1, 0.15) is 0 Å². The van der Waals surface area contributed by atoms with Crippen LogP contribution in [0.2, 0.25) is 0 Å². The van der Waals surface area contributed by atoms with Crippen molar-refractivity contribution in [2.24, 2.45) is 0 Å². The molecule has 1 aromatic heterocycles. The molecule has 2 aromatic rings. The van der Waals surface area contributed by atoms with Gasteiger partial charge in [-0.2, -0.15) is 5.10 Å². The molecule has 1 aliphatic rings. The number of aryl methyl sites for hydroxylation is 1. The highest BCUT2D eigenvalue weighted by atomic mass is 32.2. The van der Waals surface area contributed by atoms with Gasteiger partial charge in [0.15, 0.2) is 16.0 Å². The van der Waals surface area contributed by atoms with Gasteiger partial charge < -0.3 is 5.11 Å². The molecule has 0 spiro atoms. The number of hydrogen-bond acceptors (Lipinski definition) is 4. The molecule has 0 bridgehead atoms. The Kier molecular flexibility index (Phi) is 4.07. The molecular formula is C15H13N3O4S. The summed E-state index contributed by atoms with van der Waals surface area (Å²) in [4.78, 5) is 21.8. The van der Waals surface area contributed by atoms with Crippen LogP contribution in [0.15, 0.2) is 42.7 Å². The maximum absolute atomic E-state index is 11.7. The summed E-state index contributed by atoms with van der Waals surface area (Å²) < 4.78 is 15.4. The Morgan fingerprint density at radius 1 is 1.26 bits per heavy atom. The van der Waals surface area contributed by atoms with Crippen LogP contribution in [0.1, 0.15) is 12.0 Å². The molecule has 118 valence electrons. The van der Waals surface area contributed by atoms with Gasteiger partial charge in [0.05, 0.1) is 6.20 Å². The summed E-state index contributed by atoms with van der Waals surface area (Å²) >= 11 is 0. The van der Waals surface area contributed by atoms with Crippen molar-refractivity contribution in [3.05, 3.63) is 48.3 Å². The molecule has 0 saturated heterocycles. The highest BCUT2D eigenvalue weighted by Gasteiger charge is 2.21. The first kappa shape index (κ1) is 15.2. The molecule has 8 heteroatoms. The fourth-order valence-electron chi connectivity index (χ4n) is 2.20. The van der Waals surface area contributed by atoms with Crippen LogP contribution in [0, 0.1) is 0 Å². The van der Waals surface area contributed by atoms with Gasteiger partial charge in [0.2, 0.25) is 0 Å². The molecule has 1 aliphatic heterocycles. The smallest absolute Gasteiger partial charge is 0.303 e. The minimum Gasteiger partial charge on any atom is -0.481 e. The van der Waals surface area contributed by atoms with E-state index in [1.807, 2.05) is 24.3 Å².